The molecule has 1 atom stereocenters. The van der Waals surface area contributed by atoms with Gasteiger partial charge in [0.25, 0.3) is 5.91 Å². The molecule has 0 radical (unpaired) electrons. The van der Waals surface area contributed by atoms with E-state index in [1.54, 1.807) is 48.5 Å². The number of carbonyl (C=O) groups is 2. The number of nitrogens with zero attached hydrogens (tertiary/aromatic N) is 1. The van der Waals surface area contributed by atoms with Crippen LogP contribution in [0.2, 0.25) is 0 Å². The van der Waals surface area contributed by atoms with E-state index in [4.69, 9.17) is 13.9 Å². The molecule has 8 heteroatoms. The van der Waals surface area contributed by atoms with E-state index in [0.717, 1.165) is 0 Å². The number of aryl methyl sites for hydroxylation is 1. The number of hydrogen-bond donors (Lipinski definition) is 1. The molecule has 3 rings (SSSR count). The highest BCUT2D eigenvalue weighted by atomic mass is 16.5. The molecule has 1 aromatic heterocycles. The third-order valence-corrected chi connectivity index (χ3v) is 4.13. The van der Waals surface area contributed by atoms with Crippen molar-refractivity contribution in [1.29, 1.82) is 0 Å². The Morgan fingerprint density at radius 1 is 1.18 bits per heavy atom. The molecule has 0 saturated carbocycles. The van der Waals surface area contributed by atoms with E-state index in [9.17, 15) is 14.4 Å². The van der Waals surface area contributed by atoms with E-state index in [2.05, 4.69) is 5.32 Å². The fourth-order valence-corrected chi connectivity index (χ4v) is 2.68. The van der Waals surface area contributed by atoms with Gasteiger partial charge < -0.3 is 19.2 Å². The minimum absolute atomic E-state index is 0.0692. The molecule has 1 heterocycles. The van der Waals surface area contributed by atoms with Gasteiger partial charge >= 0.3 is 11.7 Å². The number of para-hydroxylation sites is 2. The van der Waals surface area contributed by atoms with Gasteiger partial charge in [0.2, 0.25) is 0 Å². The zero-order valence-electron chi connectivity index (χ0n) is 15.5. The lowest BCUT2D eigenvalue weighted by Gasteiger charge is -2.14. The van der Waals surface area contributed by atoms with Crippen molar-refractivity contribution in [2.45, 2.75) is 26.0 Å². The molecule has 1 N–H and O–H groups in total. The summed E-state index contributed by atoms with van der Waals surface area (Å²) in [6.45, 7) is 1.58. The van der Waals surface area contributed by atoms with Crippen molar-refractivity contribution in [2.75, 3.05) is 12.4 Å². The second-order valence-corrected chi connectivity index (χ2v) is 6.09. The number of amides is 1. The van der Waals surface area contributed by atoms with Gasteiger partial charge in [0, 0.05) is 18.3 Å². The molecule has 146 valence electrons. The zero-order valence-corrected chi connectivity index (χ0v) is 15.5. The summed E-state index contributed by atoms with van der Waals surface area (Å²) in [4.78, 5) is 36.2. The van der Waals surface area contributed by atoms with Gasteiger partial charge in [-0.3, -0.25) is 14.2 Å². The van der Waals surface area contributed by atoms with Crippen LogP contribution in [0.4, 0.5) is 5.69 Å². The summed E-state index contributed by atoms with van der Waals surface area (Å²) in [5, 5.41) is 2.66. The number of anilines is 1. The highest BCUT2D eigenvalue weighted by Gasteiger charge is 2.19. The van der Waals surface area contributed by atoms with Crippen molar-refractivity contribution >= 4 is 28.7 Å². The quantitative estimate of drug-likeness (QED) is 0.629. The lowest BCUT2D eigenvalue weighted by Crippen LogP contribution is -2.30. The van der Waals surface area contributed by atoms with E-state index in [-0.39, 0.29) is 13.0 Å². The molecule has 0 saturated heterocycles. The average Bonchev–Trinajstić information content (AvgIpc) is 3.01. The lowest BCUT2D eigenvalue weighted by atomic mass is 10.2. The summed E-state index contributed by atoms with van der Waals surface area (Å²) in [5.74, 6) is -1.00. The molecule has 0 aliphatic heterocycles. The first-order valence-corrected chi connectivity index (χ1v) is 8.70. The molecule has 0 aliphatic carbocycles. The number of fused-ring (bicyclic) bond motifs is 1. The minimum atomic E-state index is -0.989. The Balaban J connectivity index is 1.55. The predicted molar refractivity (Wildman–Crippen MR) is 102 cm³/mol. The standard InChI is InChI=1S/C20H20N2O6/c1-13(19(24)21-14-6-5-7-15(12-14)26-2)27-18(23)10-11-22-16-8-3-4-9-17(16)28-20(22)25/h3-9,12-13H,10-11H2,1-2H3,(H,21,24). The number of nitrogens with one attached hydrogen (secondary N) is 1. The molecule has 28 heavy (non-hydrogen) atoms. The maximum atomic E-state index is 12.2. The largest absolute Gasteiger partial charge is 0.497 e. The average molecular weight is 384 g/mol. The molecule has 0 aliphatic rings. The van der Waals surface area contributed by atoms with Crippen LogP contribution in [0.1, 0.15) is 13.3 Å². The molecular weight excluding hydrogens is 364 g/mol. The van der Waals surface area contributed by atoms with Crippen LogP contribution in [0.5, 0.6) is 5.75 Å². The number of esters is 1. The first kappa shape index (κ1) is 19.2. The molecule has 1 amide bonds. The number of carbonyl (C=O) groups excluding carboxylic acids is 2. The SMILES string of the molecule is COc1cccc(NC(=O)C(C)OC(=O)CCn2c(=O)oc3ccccc32)c1. The molecule has 1 unspecified atom stereocenters. The predicted octanol–water partition coefficient (Wildman–Crippen LogP) is 2.56. The molecule has 8 nitrogen and oxygen atoms in total. The number of rotatable bonds is 7. The second-order valence-electron chi connectivity index (χ2n) is 6.09. The Bertz CT molecular complexity index is 1050. The summed E-state index contributed by atoms with van der Waals surface area (Å²) in [6.07, 6.45) is -1.06. The van der Waals surface area contributed by atoms with Crippen LogP contribution in [0.3, 0.4) is 0 Å². The highest BCUT2D eigenvalue weighted by molar-refractivity contribution is 5.95. The van der Waals surface area contributed by atoms with E-state index in [1.165, 1.54) is 18.6 Å². The molecule has 2 aromatic carbocycles. The number of methoxy groups -OCH3 is 1. The fourth-order valence-electron chi connectivity index (χ4n) is 2.68. The summed E-state index contributed by atoms with van der Waals surface area (Å²) in [6, 6.07) is 13.8. The van der Waals surface area contributed by atoms with Crippen LogP contribution in [-0.2, 0) is 20.9 Å². The van der Waals surface area contributed by atoms with Gasteiger partial charge in [0.1, 0.15) is 5.75 Å². The van der Waals surface area contributed by atoms with Crippen LogP contribution in [0, 0.1) is 0 Å². The van der Waals surface area contributed by atoms with E-state index in [0.29, 0.717) is 22.5 Å². The number of benzene rings is 2. The smallest absolute Gasteiger partial charge is 0.419 e. The van der Waals surface area contributed by atoms with Crippen molar-refractivity contribution in [3.05, 3.63) is 59.1 Å². The van der Waals surface area contributed by atoms with Gasteiger partial charge in [0.05, 0.1) is 19.0 Å². The van der Waals surface area contributed by atoms with Crippen LogP contribution in [0.15, 0.2) is 57.7 Å². The second kappa shape index (κ2) is 8.43. The summed E-state index contributed by atoms with van der Waals surface area (Å²) in [5.41, 5.74) is 1.58. The molecule has 0 bridgehead atoms. The first-order chi connectivity index (χ1) is 13.5. The zero-order chi connectivity index (χ0) is 20.1. The number of hydrogen-bond acceptors (Lipinski definition) is 6. The first-order valence-electron chi connectivity index (χ1n) is 8.70. The Morgan fingerprint density at radius 3 is 2.75 bits per heavy atom. The number of oxazole rings is 1. The molecule has 3 aromatic rings. The normalized spacial score (nSPS) is 11.8. The van der Waals surface area contributed by atoms with Gasteiger partial charge in [-0.1, -0.05) is 18.2 Å². The topological polar surface area (TPSA) is 99.8 Å². The fraction of sp³-hybridized carbons (Fsp3) is 0.250. The van der Waals surface area contributed by atoms with Crippen molar-refractivity contribution in [1.82, 2.24) is 4.57 Å². The number of ether oxygens (including phenoxy) is 2. The summed E-state index contributed by atoms with van der Waals surface area (Å²) in [7, 11) is 1.53. The third-order valence-electron chi connectivity index (χ3n) is 4.13. The highest BCUT2D eigenvalue weighted by Crippen LogP contribution is 2.17. The van der Waals surface area contributed by atoms with Gasteiger partial charge in [-0.05, 0) is 31.2 Å². The van der Waals surface area contributed by atoms with Gasteiger partial charge in [-0.15, -0.1) is 0 Å². The third kappa shape index (κ3) is 4.40. The van der Waals surface area contributed by atoms with Gasteiger partial charge in [-0.25, -0.2) is 4.79 Å². The monoisotopic (exact) mass is 384 g/mol. The van der Waals surface area contributed by atoms with Crippen molar-refractivity contribution in [2.24, 2.45) is 0 Å². The van der Waals surface area contributed by atoms with Crippen molar-refractivity contribution in [3.8, 4) is 5.75 Å². The maximum Gasteiger partial charge on any atom is 0.419 e. The Kier molecular flexibility index (Phi) is 5.78. The van der Waals surface area contributed by atoms with Crippen LogP contribution in [0.25, 0.3) is 11.1 Å². The molecule has 0 fully saturated rings. The lowest BCUT2D eigenvalue weighted by molar-refractivity contribution is -0.153. The summed E-state index contributed by atoms with van der Waals surface area (Å²) >= 11 is 0. The number of aromatic nitrogens is 1. The van der Waals surface area contributed by atoms with Crippen LogP contribution in [-0.4, -0.2) is 29.7 Å². The van der Waals surface area contributed by atoms with Crippen LogP contribution < -0.4 is 15.8 Å². The summed E-state index contributed by atoms with van der Waals surface area (Å²) < 4.78 is 16.7. The van der Waals surface area contributed by atoms with Crippen molar-refractivity contribution < 1.29 is 23.5 Å². The minimum Gasteiger partial charge on any atom is -0.497 e. The van der Waals surface area contributed by atoms with Gasteiger partial charge in [0.15, 0.2) is 11.7 Å². The van der Waals surface area contributed by atoms with E-state index in [1.807, 2.05) is 0 Å². The van der Waals surface area contributed by atoms with Crippen LogP contribution >= 0.6 is 0 Å². The van der Waals surface area contributed by atoms with E-state index >= 15 is 0 Å². The van der Waals surface area contributed by atoms with Gasteiger partial charge in [-0.2, -0.15) is 0 Å². The maximum absolute atomic E-state index is 12.2. The molecule has 0 spiro atoms. The van der Waals surface area contributed by atoms with E-state index < -0.39 is 23.7 Å². The Labute approximate surface area is 160 Å². The Morgan fingerprint density at radius 2 is 1.96 bits per heavy atom. The molecular formula is C20H20N2O6. The Hall–Kier alpha value is -3.55. The van der Waals surface area contributed by atoms with Crippen molar-refractivity contribution in [3.63, 3.8) is 0 Å².